The fourth-order valence-corrected chi connectivity index (χ4v) is 1.37. The van der Waals surface area contributed by atoms with Crippen molar-refractivity contribution in [2.75, 3.05) is 13.7 Å². The summed E-state index contributed by atoms with van der Waals surface area (Å²) in [7, 11) is 1.45. The number of methoxy groups -OCH3 is 1. The number of rotatable bonds is 4. The lowest BCUT2D eigenvalue weighted by Crippen LogP contribution is -2.32. The molecular formula is C14H19FN2O3. The van der Waals surface area contributed by atoms with Gasteiger partial charge in [0.25, 0.3) is 0 Å². The fraction of sp³-hybridized carbons (Fsp3) is 0.429. The van der Waals surface area contributed by atoms with Gasteiger partial charge in [-0.15, -0.1) is 0 Å². The molecule has 0 fully saturated rings. The van der Waals surface area contributed by atoms with E-state index in [1.165, 1.54) is 13.2 Å². The van der Waals surface area contributed by atoms with Crippen LogP contribution in [0.5, 0.6) is 5.88 Å². The zero-order valence-electron chi connectivity index (χ0n) is 12.1. The molecule has 0 aliphatic heterocycles. The summed E-state index contributed by atoms with van der Waals surface area (Å²) >= 11 is 0. The van der Waals surface area contributed by atoms with Crippen LogP contribution in [0, 0.1) is 5.82 Å². The van der Waals surface area contributed by atoms with E-state index in [1.54, 1.807) is 32.9 Å². The van der Waals surface area contributed by atoms with Gasteiger partial charge in [-0.1, -0.05) is 12.2 Å². The van der Waals surface area contributed by atoms with Gasteiger partial charge in [0, 0.05) is 12.1 Å². The van der Waals surface area contributed by atoms with E-state index in [-0.39, 0.29) is 6.54 Å². The average molecular weight is 282 g/mol. The van der Waals surface area contributed by atoms with E-state index in [0.29, 0.717) is 11.4 Å². The van der Waals surface area contributed by atoms with Crippen LogP contribution in [0.2, 0.25) is 0 Å². The zero-order chi connectivity index (χ0) is 15.2. The van der Waals surface area contributed by atoms with Crippen molar-refractivity contribution in [3.05, 3.63) is 29.7 Å². The Morgan fingerprint density at radius 3 is 2.80 bits per heavy atom. The van der Waals surface area contributed by atoms with Crippen LogP contribution in [0.4, 0.5) is 9.18 Å². The summed E-state index contributed by atoms with van der Waals surface area (Å²) in [5.41, 5.74) is -0.0396. The summed E-state index contributed by atoms with van der Waals surface area (Å²) in [6.45, 7) is 5.61. The molecule has 0 spiro atoms. The molecule has 20 heavy (non-hydrogen) atoms. The molecule has 5 nitrogen and oxygen atoms in total. The first-order chi connectivity index (χ1) is 9.31. The second-order valence-electron chi connectivity index (χ2n) is 5.04. The maximum Gasteiger partial charge on any atom is 0.407 e. The van der Waals surface area contributed by atoms with Gasteiger partial charge in [0.05, 0.1) is 13.3 Å². The first kappa shape index (κ1) is 15.9. The van der Waals surface area contributed by atoms with Gasteiger partial charge in [-0.3, -0.25) is 0 Å². The molecule has 1 amide bonds. The standard InChI is InChI=1S/C14H19FN2O3/c1-14(2,3)20-13(18)16-7-5-6-10-8-11(15)9-17-12(10)19-4/h5-6,8-9H,7H2,1-4H3,(H,16,18). The summed E-state index contributed by atoms with van der Waals surface area (Å²) < 4.78 is 23.1. The Kier molecular flexibility index (Phi) is 5.49. The van der Waals surface area contributed by atoms with E-state index in [4.69, 9.17) is 9.47 Å². The molecule has 0 aliphatic carbocycles. The Balaban J connectivity index is 2.53. The van der Waals surface area contributed by atoms with E-state index in [0.717, 1.165) is 6.20 Å². The number of nitrogens with zero attached hydrogens (tertiary/aromatic N) is 1. The molecule has 0 unspecified atom stereocenters. The Bertz CT molecular complexity index is 496. The second-order valence-corrected chi connectivity index (χ2v) is 5.04. The molecule has 110 valence electrons. The SMILES string of the molecule is COc1ncc(F)cc1C=CCNC(=O)OC(C)(C)C. The Labute approximate surface area is 117 Å². The highest BCUT2D eigenvalue weighted by Crippen LogP contribution is 2.16. The third-order valence-corrected chi connectivity index (χ3v) is 2.10. The molecule has 0 aliphatic rings. The van der Waals surface area contributed by atoms with Crippen LogP contribution in [0.1, 0.15) is 26.3 Å². The maximum absolute atomic E-state index is 13.1. The lowest BCUT2D eigenvalue weighted by Gasteiger charge is -2.19. The van der Waals surface area contributed by atoms with Crippen LogP contribution in [-0.4, -0.2) is 30.3 Å². The Morgan fingerprint density at radius 1 is 1.50 bits per heavy atom. The van der Waals surface area contributed by atoms with Gasteiger partial charge in [0.1, 0.15) is 11.4 Å². The van der Waals surface area contributed by atoms with E-state index >= 15 is 0 Å². The normalized spacial score (nSPS) is 11.4. The smallest absolute Gasteiger partial charge is 0.407 e. The van der Waals surface area contributed by atoms with Crippen molar-refractivity contribution in [2.24, 2.45) is 0 Å². The van der Waals surface area contributed by atoms with Crippen molar-refractivity contribution >= 4 is 12.2 Å². The van der Waals surface area contributed by atoms with Crippen molar-refractivity contribution in [3.63, 3.8) is 0 Å². The number of hydrogen-bond acceptors (Lipinski definition) is 4. The molecule has 6 heteroatoms. The quantitative estimate of drug-likeness (QED) is 0.922. The maximum atomic E-state index is 13.1. The number of amides is 1. The van der Waals surface area contributed by atoms with Gasteiger partial charge in [0.15, 0.2) is 0 Å². The van der Waals surface area contributed by atoms with E-state index in [1.807, 2.05) is 0 Å². The molecule has 1 rings (SSSR count). The molecule has 0 aromatic carbocycles. The average Bonchev–Trinajstić information content (AvgIpc) is 2.33. The zero-order valence-corrected chi connectivity index (χ0v) is 12.1. The minimum Gasteiger partial charge on any atom is -0.481 e. The van der Waals surface area contributed by atoms with Crippen LogP contribution in [0.3, 0.4) is 0 Å². The largest absolute Gasteiger partial charge is 0.481 e. The monoisotopic (exact) mass is 282 g/mol. The predicted molar refractivity (Wildman–Crippen MR) is 74.0 cm³/mol. The van der Waals surface area contributed by atoms with Crippen molar-refractivity contribution < 1.29 is 18.7 Å². The number of carbonyl (C=O) groups is 1. The number of aromatic nitrogens is 1. The summed E-state index contributed by atoms with van der Waals surface area (Å²) in [5, 5.41) is 2.56. The number of pyridine rings is 1. The van der Waals surface area contributed by atoms with Crippen LogP contribution in [0.25, 0.3) is 6.08 Å². The van der Waals surface area contributed by atoms with Gasteiger partial charge < -0.3 is 14.8 Å². The van der Waals surface area contributed by atoms with Crippen molar-refractivity contribution in [3.8, 4) is 5.88 Å². The molecule has 1 N–H and O–H groups in total. The van der Waals surface area contributed by atoms with Gasteiger partial charge in [-0.05, 0) is 26.8 Å². The minimum absolute atomic E-state index is 0.259. The molecule has 1 aromatic rings. The Hall–Kier alpha value is -2.11. The first-order valence-electron chi connectivity index (χ1n) is 6.15. The fourth-order valence-electron chi connectivity index (χ4n) is 1.37. The molecule has 1 aromatic heterocycles. The highest BCUT2D eigenvalue weighted by molar-refractivity contribution is 5.68. The lowest BCUT2D eigenvalue weighted by atomic mass is 10.2. The second kappa shape index (κ2) is 6.88. The highest BCUT2D eigenvalue weighted by atomic mass is 19.1. The van der Waals surface area contributed by atoms with Gasteiger partial charge >= 0.3 is 6.09 Å². The minimum atomic E-state index is -0.538. The number of carbonyl (C=O) groups excluding carboxylic acids is 1. The Morgan fingerprint density at radius 2 is 2.20 bits per heavy atom. The lowest BCUT2D eigenvalue weighted by molar-refractivity contribution is 0.0534. The number of nitrogens with one attached hydrogen (secondary N) is 1. The van der Waals surface area contributed by atoms with Crippen molar-refractivity contribution in [2.45, 2.75) is 26.4 Å². The third-order valence-electron chi connectivity index (χ3n) is 2.10. The van der Waals surface area contributed by atoms with Crippen molar-refractivity contribution in [1.29, 1.82) is 0 Å². The topological polar surface area (TPSA) is 60.5 Å². The number of hydrogen-bond donors (Lipinski definition) is 1. The third kappa shape index (κ3) is 5.69. The van der Waals surface area contributed by atoms with E-state index < -0.39 is 17.5 Å². The van der Waals surface area contributed by atoms with Crippen LogP contribution >= 0.6 is 0 Å². The number of halogens is 1. The molecule has 0 saturated heterocycles. The van der Waals surface area contributed by atoms with Gasteiger partial charge in [-0.2, -0.15) is 0 Å². The number of alkyl carbamates (subject to hydrolysis) is 1. The summed E-state index contributed by atoms with van der Waals surface area (Å²) in [6, 6.07) is 1.30. The predicted octanol–water partition coefficient (Wildman–Crippen LogP) is 2.77. The molecule has 0 bridgehead atoms. The van der Waals surface area contributed by atoms with Gasteiger partial charge in [0.2, 0.25) is 5.88 Å². The summed E-state index contributed by atoms with van der Waals surface area (Å²) in [6.07, 6.45) is 3.84. The summed E-state index contributed by atoms with van der Waals surface area (Å²) in [5.74, 6) is -0.134. The molecule has 1 heterocycles. The molecule has 0 saturated carbocycles. The van der Waals surface area contributed by atoms with Crippen molar-refractivity contribution in [1.82, 2.24) is 10.3 Å². The first-order valence-corrected chi connectivity index (χ1v) is 6.15. The van der Waals surface area contributed by atoms with Gasteiger partial charge in [-0.25, -0.2) is 14.2 Å². The molecule has 0 atom stereocenters. The molecule has 0 radical (unpaired) electrons. The van der Waals surface area contributed by atoms with Crippen LogP contribution < -0.4 is 10.1 Å². The molecular weight excluding hydrogens is 263 g/mol. The summed E-state index contributed by atoms with van der Waals surface area (Å²) in [4.78, 5) is 15.2. The number of ether oxygens (including phenoxy) is 2. The van der Waals surface area contributed by atoms with E-state index in [2.05, 4.69) is 10.3 Å². The van der Waals surface area contributed by atoms with E-state index in [9.17, 15) is 9.18 Å². The van der Waals surface area contributed by atoms with Crippen LogP contribution in [-0.2, 0) is 4.74 Å². The van der Waals surface area contributed by atoms with Crippen LogP contribution in [0.15, 0.2) is 18.3 Å². The highest BCUT2D eigenvalue weighted by Gasteiger charge is 2.15.